The second kappa shape index (κ2) is 14.3. The molecule has 0 spiro atoms. The third kappa shape index (κ3) is 7.73. The Kier molecular flexibility index (Phi) is 11.2. The number of thiazole rings is 1. The summed E-state index contributed by atoms with van der Waals surface area (Å²) in [5.74, 6) is -0.903. The summed E-state index contributed by atoms with van der Waals surface area (Å²) in [5.41, 5.74) is 2.75. The highest BCUT2D eigenvalue weighted by atomic mass is 35.5. The molecule has 0 aliphatic rings. The van der Waals surface area contributed by atoms with E-state index in [-0.39, 0.29) is 26.9 Å². The number of carboxylic acids is 1. The first-order chi connectivity index (χ1) is 18.7. The molecular formula is C28H30Cl2N2O6S. The van der Waals surface area contributed by atoms with Gasteiger partial charge in [0.05, 0.1) is 36.6 Å². The molecule has 39 heavy (non-hydrogen) atoms. The minimum atomic E-state index is -1.28. The van der Waals surface area contributed by atoms with Gasteiger partial charge in [0, 0.05) is 34.2 Å². The van der Waals surface area contributed by atoms with Gasteiger partial charge in [-0.2, -0.15) is 0 Å². The van der Waals surface area contributed by atoms with Crippen molar-refractivity contribution in [3.8, 4) is 17.0 Å². The topological polar surface area (TPSA) is 107 Å². The van der Waals surface area contributed by atoms with Crippen molar-refractivity contribution in [1.29, 1.82) is 0 Å². The van der Waals surface area contributed by atoms with Crippen LogP contribution in [0.2, 0.25) is 10.0 Å². The zero-order valence-corrected chi connectivity index (χ0v) is 24.4. The number of anilines is 1. The quantitative estimate of drug-likeness (QED) is 0.157. The van der Waals surface area contributed by atoms with Crippen LogP contribution in [0.15, 0.2) is 41.5 Å². The van der Waals surface area contributed by atoms with Crippen LogP contribution in [0.25, 0.3) is 17.3 Å². The summed E-state index contributed by atoms with van der Waals surface area (Å²) >= 11 is 13.8. The maximum Gasteiger partial charge on any atom is 0.371 e. The smallest absolute Gasteiger partial charge is 0.371 e. The summed E-state index contributed by atoms with van der Waals surface area (Å²) in [6.45, 7) is 5.43. The highest BCUT2D eigenvalue weighted by Gasteiger charge is 2.18. The molecule has 0 saturated carbocycles. The van der Waals surface area contributed by atoms with Crippen molar-refractivity contribution in [3.05, 3.63) is 68.2 Å². The van der Waals surface area contributed by atoms with E-state index in [2.05, 4.69) is 24.1 Å². The predicted octanol–water partition coefficient (Wildman–Crippen LogP) is 7.40. The van der Waals surface area contributed by atoms with Gasteiger partial charge in [-0.15, -0.1) is 11.3 Å². The molecule has 1 heterocycles. The van der Waals surface area contributed by atoms with E-state index in [1.165, 1.54) is 36.7 Å². The van der Waals surface area contributed by atoms with Crippen molar-refractivity contribution in [3.63, 3.8) is 0 Å². The number of rotatable bonds is 13. The number of carbonyl (C=O) groups is 2. The van der Waals surface area contributed by atoms with Crippen LogP contribution in [0.1, 0.15) is 48.2 Å². The fourth-order valence-electron chi connectivity index (χ4n) is 3.82. The van der Waals surface area contributed by atoms with E-state index >= 15 is 0 Å². The molecule has 0 fully saturated rings. The third-order valence-electron chi connectivity index (χ3n) is 6.11. The molecule has 2 aromatic carbocycles. The van der Waals surface area contributed by atoms with Gasteiger partial charge in [0.1, 0.15) is 5.75 Å². The molecule has 11 heteroatoms. The highest BCUT2D eigenvalue weighted by Crippen LogP contribution is 2.36. The molecule has 3 rings (SSSR count). The number of amides is 1. The van der Waals surface area contributed by atoms with Gasteiger partial charge in [-0.25, -0.2) is 9.78 Å². The summed E-state index contributed by atoms with van der Waals surface area (Å²) in [6.07, 6.45) is 3.33. The molecule has 0 aliphatic carbocycles. The standard InChI is InChI=1S/C28H30Cl2N2O6S/c1-5-16(6-2)13-38-14-17-8-7-9-19(25(17)37-4)23-15-39-28(31-23)32-26(33)18-10-21(29)20(22(30)11-18)12-24(36-3)27(34)35/h7-12,15-16H,5-6,13-14H2,1-4H3,(H,34,35)(H,31,32,33)/b24-12+. The lowest BCUT2D eigenvalue weighted by atomic mass is 10.1. The first-order valence-electron chi connectivity index (χ1n) is 12.2. The van der Waals surface area contributed by atoms with Crippen LogP contribution in [0.5, 0.6) is 5.75 Å². The number of hydrogen-bond donors (Lipinski definition) is 2. The fraction of sp³-hybridized carbons (Fsp3) is 0.321. The van der Waals surface area contributed by atoms with Crippen molar-refractivity contribution in [2.24, 2.45) is 5.92 Å². The molecular weight excluding hydrogens is 563 g/mol. The molecule has 2 N–H and O–H groups in total. The lowest BCUT2D eigenvalue weighted by molar-refractivity contribution is -0.135. The molecule has 0 bridgehead atoms. The molecule has 1 amide bonds. The Bertz CT molecular complexity index is 1330. The minimum Gasteiger partial charge on any atom is -0.496 e. The van der Waals surface area contributed by atoms with Gasteiger partial charge >= 0.3 is 5.97 Å². The van der Waals surface area contributed by atoms with Crippen LogP contribution >= 0.6 is 34.5 Å². The highest BCUT2D eigenvalue weighted by molar-refractivity contribution is 7.14. The number of para-hydroxylation sites is 1. The molecule has 208 valence electrons. The van der Waals surface area contributed by atoms with Crippen molar-refractivity contribution in [2.45, 2.75) is 33.3 Å². The van der Waals surface area contributed by atoms with E-state index < -0.39 is 11.9 Å². The summed E-state index contributed by atoms with van der Waals surface area (Å²) < 4.78 is 16.5. The summed E-state index contributed by atoms with van der Waals surface area (Å²) in [6, 6.07) is 8.58. The fourth-order valence-corrected chi connectivity index (χ4v) is 5.12. The number of hydrogen-bond acceptors (Lipinski definition) is 7. The van der Waals surface area contributed by atoms with Crippen molar-refractivity contribution < 1.29 is 28.9 Å². The molecule has 0 atom stereocenters. The van der Waals surface area contributed by atoms with E-state index in [1.54, 1.807) is 7.11 Å². The molecule has 0 saturated heterocycles. The Morgan fingerprint density at radius 2 is 1.85 bits per heavy atom. The lowest BCUT2D eigenvalue weighted by Gasteiger charge is -2.15. The number of nitrogens with zero attached hydrogens (tertiary/aromatic N) is 1. The third-order valence-corrected chi connectivity index (χ3v) is 7.50. The first-order valence-corrected chi connectivity index (χ1v) is 13.8. The van der Waals surface area contributed by atoms with Gasteiger partial charge in [-0.3, -0.25) is 10.1 Å². The number of aromatic nitrogens is 1. The van der Waals surface area contributed by atoms with Crippen LogP contribution in [-0.4, -0.2) is 42.8 Å². The largest absolute Gasteiger partial charge is 0.496 e. The number of carbonyl (C=O) groups excluding carboxylic acids is 1. The number of halogens is 2. The Hall–Kier alpha value is -3.11. The van der Waals surface area contributed by atoms with Gasteiger partial charge in [-0.1, -0.05) is 62.0 Å². The molecule has 0 unspecified atom stereocenters. The number of benzene rings is 2. The number of aliphatic carboxylic acids is 1. The van der Waals surface area contributed by atoms with Crippen molar-refractivity contribution in [2.75, 3.05) is 26.1 Å². The average Bonchev–Trinajstić information content (AvgIpc) is 3.38. The van der Waals surface area contributed by atoms with Gasteiger partial charge in [0.25, 0.3) is 5.91 Å². The maximum absolute atomic E-state index is 12.9. The normalized spacial score (nSPS) is 11.5. The zero-order valence-electron chi connectivity index (χ0n) is 22.0. The van der Waals surface area contributed by atoms with Gasteiger partial charge in [-0.05, 0) is 30.2 Å². The Morgan fingerprint density at radius 1 is 1.15 bits per heavy atom. The SMILES string of the molecule is CCC(CC)COCc1cccc(-c2csc(NC(=O)c3cc(Cl)c(/C=C(/OC)C(=O)O)c(Cl)c3)n2)c1OC. The van der Waals surface area contributed by atoms with Gasteiger partial charge in [0.15, 0.2) is 5.13 Å². The monoisotopic (exact) mass is 592 g/mol. The molecule has 0 aliphatic heterocycles. The molecule has 8 nitrogen and oxygen atoms in total. The number of methoxy groups -OCH3 is 2. The zero-order chi connectivity index (χ0) is 28.5. The van der Waals surface area contributed by atoms with Crippen LogP contribution in [0.4, 0.5) is 5.13 Å². The van der Waals surface area contributed by atoms with E-state index in [0.717, 1.165) is 24.0 Å². The van der Waals surface area contributed by atoms with Crippen LogP contribution in [-0.2, 0) is 20.9 Å². The van der Waals surface area contributed by atoms with E-state index in [0.29, 0.717) is 35.7 Å². The molecule has 3 aromatic rings. The summed E-state index contributed by atoms with van der Waals surface area (Å²) in [7, 11) is 2.83. The predicted molar refractivity (Wildman–Crippen MR) is 155 cm³/mol. The van der Waals surface area contributed by atoms with E-state index in [1.807, 2.05) is 23.6 Å². The van der Waals surface area contributed by atoms with Gasteiger partial charge in [0.2, 0.25) is 5.76 Å². The van der Waals surface area contributed by atoms with E-state index in [9.17, 15) is 9.59 Å². The van der Waals surface area contributed by atoms with Crippen LogP contribution < -0.4 is 10.1 Å². The average molecular weight is 594 g/mol. The van der Waals surface area contributed by atoms with Crippen LogP contribution in [0, 0.1) is 5.92 Å². The first kappa shape index (κ1) is 30.4. The maximum atomic E-state index is 12.9. The number of carboxylic acid groups (broad SMARTS) is 1. The minimum absolute atomic E-state index is 0.0937. The summed E-state index contributed by atoms with van der Waals surface area (Å²) in [5, 5.41) is 14.3. The van der Waals surface area contributed by atoms with Crippen LogP contribution in [0.3, 0.4) is 0 Å². The second-order valence-corrected chi connectivity index (χ2v) is 10.2. The Labute approximate surface area is 241 Å². The second-order valence-electron chi connectivity index (χ2n) is 8.56. The van der Waals surface area contributed by atoms with Crippen molar-refractivity contribution >= 4 is 57.6 Å². The number of nitrogens with one attached hydrogen (secondary N) is 1. The van der Waals surface area contributed by atoms with Gasteiger partial charge < -0.3 is 19.3 Å². The number of ether oxygens (including phenoxy) is 3. The molecule has 1 aromatic heterocycles. The Morgan fingerprint density at radius 3 is 2.44 bits per heavy atom. The van der Waals surface area contributed by atoms with Crippen molar-refractivity contribution in [1.82, 2.24) is 4.98 Å². The lowest BCUT2D eigenvalue weighted by Crippen LogP contribution is -2.12. The van der Waals surface area contributed by atoms with E-state index in [4.69, 9.17) is 42.5 Å². The molecule has 0 radical (unpaired) electrons. The summed E-state index contributed by atoms with van der Waals surface area (Å²) in [4.78, 5) is 28.7. The Balaban J connectivity index is 1.78.